The molecule has 0 fully saturated rings. The highest BCUT2D eigenvalue weighted by atomic mass is 19.4. The van der Waals surface area contributed by atoms with Crippen LogP contribution in [0.1, 0.15) is 31.1 Å². The molecule has 178 valence electrons. The SMILES string of the molecule is CC(C)Oc1cc(OCc2ccccc2)ccc1C1Nc2ncccc2N1OC(=O)C(F)(F)F. The first-order valence-electron chi connectivity index (χ1n) is 10.5. The Hall–Kier alpha value is -3.95. The van der Waals surface area contributed by atoms with Crippen LogP contribution in [0.5, 0.6) is 11.5 Å². The normalized spacial score (nSPS) is 15.0. The second-order valence-electron chi connectivity index (χ2n) is 7.76. The van der Waals surface area contributed by atoms with Gasteiger partial charge in [-0.05, 0) is 43.7 Å². The van der Waals surface area contributed by atoms with Gasteiger partial charge in [-0.1, -0.05) is 30.3 Å². The zero-order valence-corrected chi connectivity index (χ0v) is 18.4. The molecule has 0 saturated carbocycles. The van der Waals surface area contributed by atoms with E-state index in [0.29, 0.717) is 23.7 Å². The second-order valence-corrected chi connectivity index (χ2v) is 7.76. The molecule has 1 aliphatic heterocycles. The molecule has 2 heterocycles. The Morgan fingerprint density at radius 1 is 1.12 bits per heavy atom. The maximum atomic E-state index is 13.0. The van der Waals surface area contributed by atoms with Gasteiger partial charge in [0.1, 0.15) is 23.8 Å². The van der Waals surface area contributed by atoms with Gasteiger partial charge in [0, 0.05) is 17.8 Å². The standard InChI is InChI=1S/C24H22F3N3O4/c1-15(2)33-20-13-17(32-14-16-7-4-3-5-8-16)10-11-18(20)22-29-21-19(9-6-12-28-21)30(22)34-23(31)24(25,26)27/h3-13,15,22H,14H2,1-2H3,(H,28,29). The first kappa shape index (κ1) is 23.2. The van der Waals surface area contributed by atoms with Gasteiger partial charge < -0.3 is 19.6 Å². The van der Waals surface area contributed by atoms with Crippen molar-refractivity contribution in [2.75, 3.05) is 10.4 Å². The third-order valence-electron chi connectivity index (χ3n) is 4.84. The molecule has 10 heteroatoms. The van der Waals surface area contributed by atoms with Crippen LogP contribution in [0.25, 0.3) is 0 Å². The average Bonchev–Trinajstić information content (AvgIpc) is 3.15. The number of carbonyl (C=O) groups is 1. The number of pyridine rings is 1. The summed E-state index contributed by atoms with van der Waals surface area (Å²) >= 11 is 0. The smallest absolute Gasteiger partial charge is 0.490 e. The van der Waals surface area contributed by atoms with Crippen molar-refractivity contribution in [3.63, 3.8) is 0 Å². The molecule has 1 unspecified atom stereocenters. The quantitative estimate of drug-likeness (QED) is 0.493. The van der Waals surface area contributed by atoms with E-state index in [9.17, 15) is 18.0 Å². The molecule has 1 N–H and O–H groups in total. The Bertz CT molecular complexity index is 1160. The summed E-state index contributed by atoms with van der Waals surface area (Å²) in [6, 6.07) is 17.6. The lowest BCUT2D eigenvalue weighted by atomic mass is 10.1. The number of alkyl halides is 3. The summed E-state index contributed by atoms with van der Waals surface area (Å²) in [4.78, 5) is 20.5. The monoisotopic (exact) mass is 473 g/mol. The van der Waals surface area contributed by atoms with Gasteiger partial charge in [0.2, 0.25) is 0 Å². The van der Waals surface area contributed by atoms with Crippen molar-refractivity contribution in [3.05, 3.63) is 78.0 Å². The lowest BCUT2D eigenvalue weighted by Crippen LogP contribution is -2.37. The number of halogens is 3. The highest BCUT2D eigenvalue weighted by Crippen LogP contribution is 2.44. The van der Waals surface area contributed by atoms with E-state index in [2.05, 4.69) is 10.3 Å². The minimum Gasteiger partial charge on any atom is -0.490 e. The number of hydrogen-bond acceptors (Lipinski definition) is 7. The fourth-order valence-electron chi connectivity index (χ4n) is 3.39. The summed E-state index contributed by atoms with van der Waals surface area (Å²) in [5.74, 6) is -1.21. The van der Waals surface area contributed by atoms with Gasteiger partial charge in [-0.2, -0.15) is 18.2 Å². The molecule has 7 nitrogen and oxygen atoms in total. The predicted molar refractivity (Wildman–Crippen MR) is 118 cm³/mol. The number of nitrogens with one attached hydrogen (secondary N) is 1. The van der Waals surface area contributed by atoms with Crippen LogP contribution in [0.15, 0.2) is 66.9 Å². The van der Waals surface area contributed by atoms with Gasteiger partial charge in [-0.15, -0.1) is 0 Å². The van der Waals surface area contributed by atoms with E-state index in [1.165, 1.54) is 18.3 Å². The zero-order valence-electron chi connectivity index (χ0n) is 18.4. The van der Waals surface area contributed by atoms with Gasteiger partial charge in [-0.3, -0.25) is 0 Å². The highest BCUT2D eigenvalue weighted by Gasteiger charge is 2.46. The van der Waals surface area contributed by atoms with E-state index in [1.54, 1.807) is 18.2 Å². The predicted octanol–water partition coefficient (Wildman–Crippen LogP) is 5.40. The number of carbonyl (C=O) groups excluding carboxylic acids is 1. The third-order valence-corrected chi connectivity index (χ3v) is 4.84. The number of aromatic nitrogens is 1. The summed E-state index contributed by atoms with van der Waals surface area (Å²) in [5.41, 5.74) is 1.60. The van der Waals surface area contributed by atoms with Gasteiger partial charge in [0.25, 0.3) is 0 Å². The average molecular weight is 473 g/mol. The number of ether oxygens (including phenoxy) is 2. The molecule has 0 radical (unpaired) electrons. The maximum absolute atomic E-state index is 13.0. The van der Waals surface area contributed by atoms with E-state index < -0.39 is 18.3 Å². The van der Waals surface area contributed by atoms with Crippen molar-refractivity contribution in [1.82, 2.24) is 4.98 Å². The fourth-order valence-corrected chi connectivity index (χ4v) is 3.39. The van der Waals surface area contributed by atoms with E-state index in [0.717, 1.165) is 10.6 Å². The summed E-state index contributed by atoms with van der Waals surface area (Å²) in [5, 5.41) is 3.85. The number of benzene rings is 2. The van der Waals surface area contributed by atoms with Crippen LogP contribution in [0, 0.1) is 0 Å². The lowest BCUT2D eigenvalue weighted by molar-refractivity contribution is -0.201. The highest BCUT2D eigenvalue weighted by molar-refractivity contribution is 5.80. The van der Waals surface area contributed by atoms with Crippen LogP contribution >= 0.6 is 0 Å². The second kappa shape index (κ2) is 9.50. The molecule has 0 spiro atoms. The topological polar surface area (TPSA) is 72.9 Å². The molecule has 3 aromatic rings. The molecule has 0 saturated heterocycles. The summed E-state index contributed by atoms with van der Waals surface area (Å²) in [7, 11) is 0. The van der Waals surface area contributed by atoms with E-state index in [4.69, 9.17) is 14.3 Å². The van der Waals surface area contributed by atoms with Crippen LogP contribution in [-0.4, -0.2) is 23.2 Å². The first-order valence-corrected chi connectivity index (χ1v) is 10.5. The number of hydroxylamine groups is 1. The number of anilines is 2. The maximum Gasteiger partial charge on any atom is 0.493 e. The van der Waals surface area contributed by atoms with Gasteiger partial charge in [-0.25, -0.2) is 9.78 Å². The Morgan fingerprint density at radius 3 is 2.59 bits per heavy atom. The number of rotatable bonds is 7. The van der Waals surface area contributed by atoms with E-state index in [-0.39, 0.29) is 17.6 Å². The Balaban J connectivity index is 1.65. The van der Waals surface area contributed by atoms with Crippen molar-refractivity contribution in [2.45, 2.75) is 38.9 Å². The largest absolute Gasteiger partial charge is 0.493 e. The summed E-state index contributed by atoms with van der Waals surface area (Å²) in [6.45, 7) is 3.97. The Kier molecular flexibility index (Phi) is 6.49. The number of nitrogens with zero attached hydrogens (tertiary/aromatic N) is 2. The van der Waals surface area contributed by atoms with Crippen molar-refractivity contribution >= 4 is 17.5 Å². The minimum absolute atomic E-state index is 0.185. The molecule has 0 bridgehead atoms. The van der Waals surface area contributed by atoms with Crippen LogP contribution in [0.3, 0.4) is 0 Å². The molecule has 1 aromatic heterocycles. The Morgan fingerprint density at radius 2 is 1.88 bits per heavy atom. The van der Waals surface area contributed by atoms with Crippen molar-refractivity contribution in [2.24, 2.45) is 0 Å². The van der Waals surface area contributed by atoms with Crippen LogP contribution in [0.2, 0.25) is 0 Å². The molecule has 0 amide bonds. The first-order chi connectivity index (χ1) is 16.2. The minimum atomic E-state index is -5.16. The number of fused-ring (bicyclic) bond motifs is 1. The fraction of sp³-hybridized carbons (Fsp3) is 0.250. The van der Waals surface area contributed by atoms with Crippen molar-refractivity contribution < 1.29 is 32.3 Å². The molecule has 0 aliphatic carbocycles. The summed E-state index contributed by atoms with van der Waals surface area (Å²) in [6.07, 6.45) is -4.93. The Labute approximate surface area is 194 Å². The van der Waals surface area contributed by atoms with E-state index in [1.807, 2.05) is 44.2 Å². The van der Waals surface area contributed by atoms with Crippen molar-refractivity contribution in [1.29, 1.82) is 0 Å². The molecule has 1 aliphatic rings. The molecular weight excluding hydrogens is 451 g/mol. The van der Waals surface area contributed by atoms with Crippen LogP contribution in [0.4, 0.5) is 24.7 Å². The van der Waals surface area contributed by atoms with Crippen LogP contribution in [-0.2, 0) is 16.2 Å². The molecule has 2 aromatic carbocycles. The third kappa shape index (κ3) is 5.16. The molecular formula is C24H22F3N3O4. The van der Waals surface area contributed by atoms with Crippen molar-refractivity contribution in [3.8, 4) is 11.5 Å². The molecule has 1 atom stereocenters. The van der Waals surface area contributed by atoms with Gasteiger partial charge in [0.15, 0.2) is 12.0 Å². The van der Waals surface area contributed by atoms with Gasteiger partial charge in [0.05, 0.1) is 6.10 Å². The zero-order chi connectivity index (χ0) is 24.3. The van der Waals surface area contributed by atoms with Crippen LogP contribution < -0.4 is 19.9 Å². The van der Waals surface area contributed by atoms with E-state index >= 15 is 0 Å². The number of hydrogen-bond donors (Lipinski definition) is 1. The summed E-state index contributed by atoms with van der Waals surface area (Å²) < 4.78 is 50.7. The lowest BCUT2D eigenvalue weighted by Gasteiger charge is -2.27. The molecule has 34 heavy (non-hydrogen) atoms. The molecule has 4 rings (SSSR count). The van der Waals surface area contributed by atoms with Gasteiger partial charge >= 0.3 is 12.1 Å².